The number of hydrogen-bond acceptors (Lipinski definition) is 4. The third-order valence-corrected chi connectivity index (χ3v) is 5.93. The monoisotopic (exact) mass is 441 g/mol. The van der Waals surface area contributed by atoms with Gasteiger partial charge in [0.1, 0.15) is 11.9 Å². The Hall–Kier alpha value is -3.64. The number of rotatable bonds is 4. The van der Waals surface area contributed by atoms with E-state index >= 15 is 0 Å². The Morgan fingerprint density at radius 1 is 1.12 bits per heavy atom. The lowest BCUT2D eigenvalue weighted by Crippen LogP contribution is -2.42. The first-order chi connectivity index (χ1) is 16.1. The molecule has 1 unspecified atom stereocenters. The summed E-state index contributed by atoms with van der Waals surface area (Å²) in [6.07, 6.45) is 1.83. The molecule has 166 valence electrons. The van der Waals surface area contributed by atoms with E-state index in [1.54, 1.807) is 23.2 Å². The predicted octanol–water partition coefficient (Wildman–Crippen LogP) is 4.88. The molecule has 0 bridgehead atoms. The number of carbonyl (C=O) groups excluding carboxylic acids is 1. The molecule has 6 heteroatoms. The van der Waals surface area contributed by atoms with E-state index in [1.165, 1.54) is 6.07 Å². The van der Waals surface area contributed by atoms with Gasteiger partial charge in [-0.25, -0.2) is 4.39 Å². The molecule has 1 atom stereocenters. The second-order valence-electron chi connectivity index (χ2n) is 8.30. The van der Waals surface area contributed by atoms with Gasteiger partial charge in [-0.05, 0) is 48.4 Å². The molecule has 1 aliphatic heterocycles. The molecule has 0 N–H and O–H groups in total. The smallest absolute Gasteiger partial charge is 0.256 e. The molecule has 0 spiro atoms. The Morgan fingerprint density at radius 2 is 1.97 bits per heavy atom. The highest BCUT2D eigenvalue weighted by Crippen LogP contribution is 2.26. The van der Waals surface area contributed by atoms with Crippen molar-refractivity contribution < 1.29 is 13.9 Å². The fourth-order valence-corrected chi connectivity index (χ4v) is 4.36. The van der Waals surface area contributed by atoms with Crippen molar-refractivity contribution in [2.45, 2.75) is 19.4 Å². The second-order valence-corrected chi connectivity index (χ2v) is 8.30. The van der Waals surface area contributed by atoms with Crippen molar-refractivity contribution in [3.63, 3.8) is 0 Å². The topological polar surface area (TPSA) is 55.3 Å². The lowest BCUT2D eigenvalue weighted by Gasteiger charge is -2.33. The Kier molecular flexibility index (Phi) is 5.84. The Labute approximate surface area is 191 Å². The first kappa shape index (κ1) is 21.2. The van der Waals surface area contributed by atoms with Crippen LogP contribution in [0.15, 0.2) is 72.9 Å². The Morgan fingerprint density at radius 3 is 2.85 bits per heavy atom. The summed E-state index contributed by atoms with van der Waals surface area (Å²) in [5, 5.41) is 0.936. The molecule has 1 saturated heterocycles. The van der Waals surface area contributed by atoms with Gasteiger partial charge in [-0.2, -0.15) is 0 Å². The van der Waals surface area contributed by atoms with Crippen molar-refractivity contribution in [3.05, 3.63) is 107 Å². The van der Waals surface area contributed by atoms with E-state index < -0.39 is 0 Å². The number of ether oxygens (including phenoxy) is 1. The zero-order valence-electron chi connectivity index (χ0n) is 18.4. The third-order valence-electron chi connectivity index (χ3n) is 5.93. The van der Waals surface area contributed by atoms with Gasteiger partial charge in [-0.3, -0.25) is 14.8 Å². The largest absolute Gasteiger partial charge is 0.368 e. The minimum atomic E-state index is -0.343. The summed E-state index contributed by atoms with van der Waals surface area (Å²) in [6, 6.07) is 20.2. The SMILES string of the molecule is Cc1cc(Cc2ccccc2F)cc(C2CN(C(=O)c3cccc4cccnc34)CCO2)n1. The number of aryl methyl sites for hydroxylation is 1. The van der Waals surface area contributed by atoms with Crippen LogP contribution >= 0.6 is 0 Å². The average Bonchev–Trinajstić information content (AvgIpc) is 2.84. The lowest BCUT2D eigenvalue weighted by atomic mass is 10.0. The van der Waals surface area contributed by atoms with Crippen LogP contribution < -0.4 is 0 Å². The number of hydrogen-bond donors (Lipinski definition) is 0. The number of carbonyl (C=O) groups is 1. The minimum absolute atomic E-state index is 0.0631. The predicted molar refractivity (Wildman–Crippen MR) is 125 cm³/mol. The van der Waals surface area contributed by atoms with Gasteiger partial charge in [-0.1, -0.05) is 36.4 Å². The van der Waals surface area contributed by atoms with Crippen LogP contribution in [-0.2, 0) is 11.2 Å². The van der Waals surface area contributed by atoms with Crippen LogP contribution in [0, 0.1) is 12.7 Å². The highest BCUT2D eigenvalue weighted by molar-refractivity contribution is 6.05. The van der Waals surface area contributed by atoms with Crippen molar-refractivity contribution in [1.29, 1.82) is 0 Å². The van der Waals surface area contributed by atoms with Crippen molar-refractivity contribution in [1.82, 2.24) is 14.9 Å². The van der Waals surface area contributed by atoms with Crippen LogP contribution in [0.3, 0.4) is 0 Å². The molecule has 0 radical (unpaired) electrons. The fourth-order valence-electron chi connectivity index (χ4n) is 4.36. The first-order valence-corrected chi connectivity index (χ1v) is 11.0. The number of nitrogens with zero attached hydrogens (tertiary/aromatic N) is 3. The number of fused-ring (bicyclic) bond motifs is 1. The number of amides is 1. The van der Waals surface area contributed by atoms with Crippen LogP contribution in [0.1, 0.15) is 39.0 Å². The standard InChI is InChI=1S/C27H24FN3O2/c1-18-14-19(15-21-6-2-3-10-23(21)28)16-24(30-18)25-17-31(12-13-33-25)27(32)22-9-4-7-20-8-5-11-29-26(20)22/h2-11,14,16,25H,12-13,15,17H2,1H3. The summed E-state index contributed by atoms with van der Waals surface area (Å²) < 4.78 is 20.2. The summed E-state index contributed by atoms with van der Waals surface area (Å²) in [4.78, 5) is 24.3. The van der Waals surface area contributed by atoms with Crippen molar-refractivity contribution in [2.75, 3.05) is 19.7 Å². The molecule has 4 aromatic rings. The molecule has 0 saturated carbocycles. The molecule has 5 nitrogen and oxygen atoms in total. The van der Waals surface area contributed by atoms with E-state index in [0.29, 0.717) is 42.8 Å². The summed E-state index contributed by atoms with van der Waals surface area (Å²) >= 11 is 0. The number of para-hydroxylation sites is 1. The van der Waals surface area contributed by atoms with Gasteiger partial charge in [0.2, 0.25) is 0 Å². The molecule has 1 fully saturated rings. The zero-order chi connectivity index (χ0) is 22.8. The van der Waals surface area contributed by atoms with E-state index in [4.69, 9.17) is 4.74 Å². The van der Waals surface area contributed by atoms with E-state index in [1.807, 2.05) is 55.5 Å². The van der Waals surface area contributed by atoms with Crippen LogP contribution in [0.2, 0.25) is 0 Å². The van der Waals surface area contributed by atoms with Crippen molar-refractivity contribution >= 4 is 16.8 Å². The van der Waals surface area contributed by atoms with Crippen LogP contribution in [0.5, 0.6) is 0 Å². The zero-order valence-corrected chi connectivity index (χ0v) is 18.4. The number of halogens is 1. The highest BCUT2D eigenvalue weighted by Gasteiger charge is 2.28. The van der Waals surface area contributed by atoms with Gasteiger partial charge < -0.3 is 9.64 Å². The maximum absolute atomic E-state index is 14.2. The minimum Gasteiger partial charge on any atom is -0.368 e. The average molecular weight is 442 g/mol. The molecule has 2 aromatic carbocycles. The quantitative estimate of drug-likeness (QED) is 0.453. The van der Waals surface area contributed by atoms with Gasteiger partial charge in [0.05, 0.1) is 29.9 Å². The normalized spacial score (nSPS) is 16.2. The van der Waals surface area contributed by atoms with Crippen molar-refractivity contribution in [2.24, 2.45) is 0 Å². The summed E-state index contributed by atoms with van der Waals surface area (Å²) in [5.74, 6) is -0.283. The van der Waals surface area contributed by atoms with Gasteiger partial charge in [0.15, 0.2) is 0 Å². The molecule has 33 heavy (non-hydrogen) atoms. The highest BCUT2D eigenvalue weighted by atomic mass is 19.1. The van der Waals surface area contributed by atoms with E-state index in [2.05, 4.69) is 9.97 Å². The van der Waals surface area contributed by atoms with Crippen molar-refractivity contribution in [3.8, 4) is 0 Å². The van der Waals surface area contributed by atoms with Crippen LogP contribution in [-0.4, -0.2) is 40.5 Å². The second kappa shape index (κ2) is 9.08. The van der Waals surface area contributed by atoms with Crippen LogP contribution in [0.25, 0.3) is 10.9 Å². The molecular formula is C27H24FN3O2. The van der Waals surface area contributed by atoms with Gasteiger partial charge in [0, 0.05) is 30.2 Å². The molecule has 1 amide bonds. The lowest BCUT2D eigenvalue weighted by molar-refractivity contribution is -0.0247. The van der Waals surface area contributed by atoms with Gasteiger partial charge >= 0.3 is 0 Å². The van der Waals surface area contributed by atoms with E-state index in [9.17, 15) is 9.18 Å². The third kappa shape index (κ3) is 4.47. The summed E-state index contributed by atoms with van der Waals surface area (Å²) in [5.41, 5.74) is 4.49. The maximum atomic E-state index is 14.2. The van der Waals surface area contributed by atoms with E-state index in [-0.39, 0.29) is 17.8 Å². The Balaban J connectivity index is 1.39. The summed E-state index contributed by atoms with van der Waals surface area (Å²) in [7, 11) is 0. The van der Waals surface area contributed by atoms with Gasteiger partial charge in [0.25, 0.3) is 5.91 Å². The Bertz CT molecular complexity index is 1320. The maximum Gasteiger partial charge on any atom is 0.256 e. The molecule has 1 aliphatic rings. The number of benzene rings is 2. The first-order valence-electron chi connectivity index (χ1n) is 11.0. The molecule has 2 aromatic heterocycles. The number of aromatic nitrogens is 2. The summed E-state index contributed by atoms with van der Waals surface area (Å²) in [6.45, 7) is 3.25. The number of morpholine rings is 1. The number of pyridine rings is 2. The molecular weight excluding hydrogens is 417 g/mol. The van der Waals surface area contributed by atoms with E-state index in [0.717, 1.165) is 22.3 Å². The van der Waals surface area contributed by atoms with Crippen LogP contribution in [0.4, 0.5) is 4.39 Å². The molecule has 0 aliphatic carbocycles. The molecule has 3 heterocycles. The fraction of sp³-hybridized carbons (Fsp3) is 0.222. The molecule has 5 rings (SSSR count). The van der Waals surface area contributed by atoms with Gasteiger partial charge in [-0.15, -0.1) is 0 Å².